The highest BCUT2D eigenvalue weighted by atomic mass is 16.6. The number of hydrogen-bond donors (Lipinski definition) is 2. The Balaban J connectivity index is 2.04. The van der Waals surface area contributed by atoms with Gasteiger partial charge in [0.1, 0.15) is 23.7 Å². The van der Waals surface area contributed by atoms with Gasteiger partial charge in [0.25, 0.3) is 5.56 Å². The van der Waals surface area contributed by atoms with Crippen molar-refractivity contribution >= 4 is 17.5 Å². The average molecular weight is 437 g/mol. The van der Waals surface area contributed by atoms with Crippen molar-refractivity contribution in [2.24, 2.45) is 0 Å². The van der Waals surface area contributed by atoms with E-state index < -0.39 is 22.8 Å². The summed E-state index contributed by atoms with van der Waals surface area (Å²) in [6.45, 7) is 5.52. The number of benzene rings is 2. The second-order valence-corrected chi connectivity index (χ2v) is 8.49. The van der Waals surface area contributed by atoms with Gasteiger partial charge >= 0.3 is 11.7 Å². The maximum atomic E-state index is 12.8. The molecule has 0 aliphatic carbocycles. The Kier molecular flexibility index (Phi) is 6.82. The predicted octanol–water partition coefficient (Wildman–Crippen LogP) is 2.52. The minimum absolute atomic E-state index is 0.0120. The van der Waals surface area contributed by atoms with E-state index in [1.807, 2.05) is 60.7 Å². The molecule has 0 bridgehead atoms. The van der Waals surface area contributed by atoms with Crippen molar-refractivity contribution in [1.29, 1.82) is 0 Å². The maximum absolute atomic E-state index is 12.8. The summed E-state index contributed by atoms with van der Waals surface area (Å²) in [5.41, 5.74) is 6.16. The van der Waals surface area contributed by atoms with Crippen LogP contribution in [0.25, 0.3) is 0 Å². The Hall–Kier alpha value is -3.81. The molecular formula is C24H28N4O4. The number of hydrogen-bond acceptors (Lipinski definition) is 6. The molecule has 0 unspecified atom stereocenters. The van der Waals surface area contributed by atoms with Crippen molar-refractivity contribution < 1.29 is 9.53 Å². The molecule has 0 radical (unpaired) electrons. The molecule has 32 heavy (non-hydrogen) atoms. The standard InChI is InChI=1S/C24H28N4O4/c1-24(2,3)32-19(29)16-27(14-17-10-6-4-7-11-17)20-21(25)28(23(31)26-22(20)30)15-18-12-8-5-9-13-18/h4-13H,14-16,25H2,1-3H3,(H,26,30,31). The van der Waals surface area contributed by atoms with Crippen LogP contribution >= 0.6 is 0 Å². The highest BCUT2D eigenvalue weighted by Gasteiger charge is 2.24. The molecule has 2 aromatic carbocycles. The number of anilines is 2. The van der Waals surface area contributed by atoms with Crippen LogP contribution < -0.4 is 21.9 Å². The second kappa shape index (κ2) is 9.55. The molecule has 0 fully saturated rings. The SMILES string of the molecule is CC(C)(C)OC(=O)CN(Cc1ccccc1)c1c(N)n(Cc2ccccc2)c(=O)[nH]c1=O. The number of esters is 1. The summed E-state index contributed by atoms with van der Waals surface area (Å²) in [5.74, 6) is -0.518. The Bertz CT molecular complexity index is 1180. The van der Waals surface area contributed by atoms with Gasteiger partial charge in [-0.05, 0) is 31.9 Å². The van der Waals surface area contributed by atoms with E-state index in [0.29, 0.717) is 0 Å². The third-order valence-electron chi connectivity index (χ3n) is 4.67. The van der Waals surface area contributed by atoms with Gasteiger partial charge in [-0.15, -0.1) is 0 Å². The molecule has 1 heterocycles. The van der Waals surface area contributed by atoms with Crippen molar-refractivity contribution in [2.45, 2.75) is 39.5 Å². The van der Waals surface area contributed by atoms with Crippen molar-refractivity contribution in [3.63, 3.8) is 0 Å². The van der Waals surface area contributed by atoms with Crippen LogP contribution in [0.1, 0.15) is 31.9 Å². The highest BCUT2D eigenvalue weighted by molar-refractivity contribution is 5.78. The minimum Gasteiger partial charge on any atom is -0.459 e. The van der Waals surface area contributed by atoms with Gasteiger partial charge in [-0.1, -0.05) is 60.7 Å². The Morgan fingerprint density at radius 3 is 2.12 bits per heavy atom. The molecule has 8 heteroatoms. The molecule has 0 aliphatic heterocycles. The quantitative estimate of drug-likeness (QED) is 0.551. The largest absolute Gasteiger partial charge is 0.459 e. The van der Waals surface area contributed by atoms with E-state index in [1.165, 1.54) is 4.57 Å². The first-order chi connectivity index (χ1) is 15.1. The molecule has 0 saturated heterocycles. The number of H-pyrrole nitrogens is 1. The number of carbonyl (C=O) groups excluding carboxylic acids is 1. The lowest BCUT2D eigenvalue weighted by atomic mass is 10.2. The van der Waals surface area contributed by atoms with Gasteiger partial charge in [0.05, 0.1) is 6.54 Å². The molecule has 8 nitrogen and oxygen atoms in total. The Labute approximate surface area is 186 Å². The van der Waals surface area contributed by atoms with Gasteiger partial charge in [0, 0.05) is 6.54 Å². The van der Waals surface area contributed by atoms with Gasteiger partial charge in [-0.25, -0.2) is 4.79 Å². The Morgan fingerprint density at radius 1 is 1.00 bits per heavy atom. The van der Waals surface area contributed by atoms with Crippen LogP contribution in [0, 0.1) is 0 Å². The number of aromatic nitrogens is 2. The summed E-state index contributed by atoms with van der Waals surface area (Å²) in [6.07, 6.45) is 0. The first kappa shape index (κ1) is 22.9. The zero-order chi connectivity index (χ0) is 23.3. The van der Waals surface area contributed by atoms with Gasteiger partial charge < -0.3 is 15.4 Å². The lowest BCUT2D eigenvalue weighted by Crippen LogP contribution is -2.41. The predicted molar refractivity (Wildman–Crippen MR) is 125 cm³/mol. The van der Waals surface area contributed by atoms with Crippen molar-refractivity contribution in [2.75, 3.05) is 17.2 Å². The smallest absolute Gasteiger partial charge is 0.330 e. The topological polar surface area (TPSA) is 110 Å². The van der Waals surface area contributed by atoms with Crippen LogP contribution in [-0.4, -0.2) is 27.7 Å². The molecule has 0 atom stereocenters. The zero-order valence-electron chi connectivity index (χ0n) is 18.5. The van der Waals surface area contributed by atoms with Crippen LogP contribution in [0.4, 0.5) is 11.5 Å². The van der Waals surface area contributed by atoms with Crippen LogP contribution in [-0.2, 0) is 22.6 Å². The minimum atomic E-state index is -0.681. The number of nitrogens with two attached hydrogens (primary N) is 1. The number of rotatable bonds is 7. The summed E-state index contributed by atoms with van der Waals surface area (Å²) < 4.78 is 6.75. The van der Waals surface area contributed by atoms with Crippen LogP contribution in [0.5, 0.6) is 0 Å². The van der Waals surface area contributed by atoms with Crippen molar-refractivity contribution in [1.82, 2.24) is 9.55 Å². The monoisotopic (exact) mass is 436 g/mol. The molecular weight excluding hydrogens is 408 g/mol. The zero-order valence-corrected chi connectivity index (χ0v) is 18.5. The lowest BCUT2D eigenvalue weighted by Gasteiger charge is -2.27. The first-order valence-corrected chi connectivity index (χ1v) is 10.3. The number of carbonyl (C=O) groups is 1. The first-order valence-electron chi connectivity index (χ1n) is 10.3. The van der Waals surface area contributed by atoms with E-state index >= 15 is 0 Å². The molecule has 0 aliphatic rings. The molecule has 168 valence electrons. The van der Waals surface area contributed by atoms with Crippen LogP contribution in [0.3, 0.4) is 0 Å². The summed E-state index contributed by atoms with van der Waals surface area (Å²) in [6, 6.07) is 18.7. The van der Waals surface area contributed by atoms with E-state index in [-0.39, 0.29) is 31.1 Å². The van der Waals surface area contributed by atoms with E-state index in [4.69, 9.17) is 10.5 Å². The molecule has 3 N–H and O–H groups in total. The molecule has 0 amide bonds. The number of nitrogen functional groups attached to an aromatic ring is 1. The highest BCUT2D eigenvalue weighted by Crippen LogP contribution is 2.21. The summed E-state index contributed by atoms with van der Waals surface area (Å²) in [7, 11) is 0. The van der Waals surface area contributed by atoms with Gasteiger partial charge in [-0.2, -0.15) is 0 Å². The van der Waals surface area contributed by atoms with Crippen LogP contribution in [0.2, 0.25) is 0 Å². The third kappa shape index (κ3) is 5.87. The average Bonchev–Trinajstić information content (AvgIpc) is 2.71. The van der Waals surface area contributed by atoms with Gasteiger partial charge in [-0.3, -0.25) is 19.1 Å². The van der Waals surface area contributed by atoms with Gasteiger partial charge in [0.15, 0.2) is 0 Å². The van der Waals surface area contributed by atoms with Crippen LogP contribution in [0.15, 0.2) is 70.3 Å². The van der Waals surface area contributed by atoms with Gasteiger partial charge in [0.2, 0.25) is 0 Å². The second-order valence-electron chi connectivity index (χ2n) is 8.49. The van der Waals surface area contributed by atoms with Crippen molar-refractivity contribution in [3.05, 3.63) is 92.6 Å². The number of aromatic amines is 1. The Morgan fingerprint density at radius 2 is 1.56 bits per heavy atom. The summed E-state index contributed by atoms with van der Waals surface area (Å²) in [5, 5.41) is 0. The number of nitrogens with one attached hydrogen (secondary N) is 1. The fourth-order valence-electron chi connectivity index (χ4n) is 3.35. The lowest BCUT2D eigenvalue weighted by molar-refractivity contribution is -0.153. The molecule has 1 aromatic heterocycles. The number of ether oxygens (including phenoxy) is 1. The van der Waals surface area contributed by atoms with E-state index in [9.17, 15) is 14.4 Å². The maximum Gasteiger partial charge on any atom is 0.330 e. The fourth-order valence-corrected chi connectivity index (χ4v) is 3.35. The van der Waals surface area contributed by atoms with E-state index in [0.717, 1.165) is 11.1 Å². The molecule has 0 saturated carbocycles. The third-order valence-corrected chi connectivity index (χ3v) is 4.67. The van der Waals surface area contributed by atoms with Crippen molar-refractivity contribution in [3.8, 4) is 0 Å². The van der Waals surface area contributed by atoms with E-state index in [2.05, 4.69) is 4.98 Å². The summed E-state index contributed by atoms with van der Waals surface area (Å²) in [4.78, 5) is 41.8. The summed E-state index contributed by atoms with van der Waals surface area (Å²) >= 11 is 0. The normalized spacial score (nSPS) is 11.2. The molecule has 3 rings (SSSR count). The molecule has 3 aromatic rings. The fraction of sp³-hybridized carbons (Fsp3) is 0.292. The van der Waals surface area contributed by atoms with E-state index in [1.54, 1.807) is 25.7 Å². The number of nitrogens with zero attached hydrogens (tertiary/aromatic N) is 2. The molecule has 0 spiro atoms.